The molecule has 0 aliphatic heterocycles. The average Bonchev–Trinajstić information content (AvgIpc) is 3.91. The molecule has 0 bridgehead atoms. The number of para-hydroxylation sites is 2. The van der Waals surface area contributed by atoms with Crippen LogP contribution in [0.2, 0.25) is 19.6 Å². The van der Waals surface area contributed by atoms with Crippen molar-refractivity contribution in [3.8, 4) is 39.6 Å². The molecular formula is C59H52IrN4OSi-2. The van der Waals surface area contributed by atoms with Gasteiger partial charge >= 0.3 is 0 Å². The second-order valence-electron chi connectivity index (χ2n) is 18.5. The van der Waals surface area contributed by atoms with E-state index in [9.17, 15) is 0 Å². The van der Waals surface area contributed by atoms with Crippen molar-refractivity contribution in [2.24, 2.45) is 0 Å². The zero-order valence-electron chi connectivity index (χ0n) is 41.2. The largest absolute Gasteiger partial charge is 0.501 e. The van der Waals surface area contributed by atoms with Crippen LogP contribution in [0.15, 0.2) is 162 Å². The van der Waals surface area contributed by atoms with Crippen LogP contribution < -0.4 is 5.32 Å². The van der Waals surface area contributed by atoms with Gasteiger partial charge in [-0.1, -0.05) is 144 Å². The van der Waals surface area contributed by atoms with E-state index in [-0.39, 0.29) is 37.5 Å². The van der Waals surface area contributed by atoms with Gasteiger partial charge < -0.3 is 8.98 Å². The first kappa shape index (κ1) is 41.0. The Morgan fingerprint density at radius 3 is 2.11 bits per heavy atom. The molecule has 3 aromatic heterocycles. The topological polar surface area (TPSA) is 56.7 Å². The smallest absolute Gasteiger partial charge is 0.121 e. The Balaban J connectivity index is 0.000000238. The number of aromatic nitrogens is 4. The summed E-state index contributed by atoms with van der Waals surface area (Å²) >= 11 is 0. The molecule has 0 saturated carbocycles. The fraction of sp³-hybridized carbons (Fsp3) is 0.169. The molecule has 11 rings (SSSR count). The van der Waals surface area contributed by atoms with Gasteiger partial charge in [0, 0.05) is 46.8 Å². The zero-order valence-corrected chi connectivity index (χ0v) is 41.6. The molecule has 1 radical (unpaired) electrons. The zero-order chi connectivity index (χ0) is 47.5. The van der Waals surface area contributed by atoms with Gasteiger partial charge in [0.1, 0.15) is 13.7 Å². The predicted octanol–water partition coefficient (Wildman–Crippen LogP) is 15.4. The van der Waals surface area contributed by atoms with Gasteiger partial charge in [-0.05, 0) is 98.1 Å². The first-order valence-electron chi connectivity index (χ1n) is 23.9. The van der Waals surface area contributed by atoms with Crippen molar-refractivity contribution < 1.29 is 28.6 Å². The Morgan fingerprint density at radius 1 is 0.652 bits per heavy atom. The Bertz CT molecular complexity index is 3640. The minimum Gasteiger partial charge on any atom is -0.501 e. The summed E-state index contributed by atoms with van der Waals surface area (Å²) in [4.78, 5) is 14.2. The van der Waals surface area contributed by atoms with Crippen LogP contribution in [-0.2, 0) is 20.1 Å². The SMILES string of the molecule is CC(C)c1cc(-c2ccccc2)cc(C(C)C)c1-n1c(-c2[c-]ccc3c2oc2cc4c(ccc5ccccc54)cc23)nc2ccccc21.[2H]C([2H])([2H])c1c[c-]c(-c2nccc([Si](C)(C)C)n2)cc1.[Ir]. The molecule has 11 aromatic rings. The average molecular weight is 1060 g/mol. The van der Waals surface area contributed by atoms with Gasteiger partial charge in [-0.15, -0.1) is 53.6 Å². The molecule has 0 fully saturated rings. The number of benzene rings is 8. The summed E-state index contributed by atoms with van der Waals surface area (Å²) < 4.78 is 31.3. The Morgan fingerprint density at radius 2 is 1.38 bits per heavy atom. The first-order valence-corrected chi connectivity index (χ1v) is 25.9. The molecule has 0 spiro atoms. The van der Waals surface area contributed by atoms with E-state index in [0.717, 1.165) is 55.2 Å². The molecule has 0 amide bonds. The molecule has 0 aliphatic rings. The Hall–Kier alpha value is -6.50. The standard InChI is InChI=1S/C45H35N2O.C14H17N2Si.Ir/c1-27(2)36-24-32(29-13-6-5-7-14-29)25-37(28(3)4)43(36)47-41-20-11-10-19-40(41)46-45(47)35-18-12-17-34-39-23-31-22-21-30-15-8-9-16-33(30)38(31)26-42(39)48-44(34)35;1-11-5-7-12(8-6-11)14-15-10-9-13(16-14)17(2,3)4;/h5-17,19-28H,1-4H3;5-7,9-10H,1-4H3;/q2*-1;/i;1D3;. The van der Waals surface area contributed by atoms with Crippen LogP contribution in [0.3, 0.4) is 0 Å². The van der Waals surface area contributed by atoms with Crippen LogP contribution in [-0.4, -0.2) is 27.6 Å². The van der Waals surface area contributed by atoms with Gasteiger partial charge in [-0.2, -0.15) is 0 Å². The van der Waals surface area contributed by atoms with Gasteiger partial charge in [-0.25, -0.2) is 0 Å². The van der Waals surface area contributed by atoms with Gasteiger partial charge in [0.05, 0.1) is 28.3 Å². The maximum absolute atomic E-state index is 7.35. The van der Waals surface area contributed by atoms with Crippen LogP contribution in [0.1, 0.15) is 60.3 Å². The molecule has 66 heavy (non-hydrogen) atoms. The summed E-state index contributed by atoms with van der Waals surface area (Å²) in [7, 11) is -1.49. The van der Waals surface area contributed by atoms with Gasteiger partial charge in [0.25, 0.3) is 0 Å². The molecule has 0 N–H and O–H groups in total. The van der Waals surface area contributed by atoms with Crippen LogP contribution in [0, 0.1) is 19.0 Å². The van der Waals surface area contributed by atoms with Crippen molar-refractivity contribution in [2.45, 2.75) is 66.0 Å². The van der Waals surface area contributed by atoms with Gasteiger partial charge in [0.2, 0.25) is 0 Å². The minimum absolute atomic E-state index is 0. The van der Waals surface area contributed by atoms with E-state index in [1.165, 1.54) is 55.6 Å². The number of aryl methyl sites for hydroxylation is 1. The summed E-state index contributed by atoms with van der Waals surface area (Å²) in [5, 5.41) is 8.10. The van der Waals surface area contributed by atoms with E-state index in [4.69, 9.17) is 13.5 Å². The van der Waals surface area contributed by atoms with E-state index in [0.29, 0.717) is 5.82 Å². The van der Waals surface area contributed by atoms with Crippen LogP contribution in [0.4, 0.5) is 0 Å². The molecule has 0 atom stereocenters. The van der Waals surface area contributed by atoms with E-state index in [1.54, 1.807) is 18.3 Å². The summed E-state index contributed by atoms with van der Waals surface area (Å²) in [6.07, 6.45) is 1.75. The number of nitrogens with zero attached hydrogens (tertiary/aromatic N) is 4. The summed E-state index contributed by atoms with van der Waals surface area (Å²) in [5.41, 5.74) is 11.8. The van der Waals surface area contributed by atoms with Crippen molar-refractivity contribution in [2.75, 3.05) is 0 Å². The number of fused-ring (bicyclic) bond motifs is 7. The molecule has 3 heterocycles. The second-order valence-corrected chi connectivity index (χ2v) is 23.5. The summed E-state index contributed by atoms with van der Waals surface area (Å²) in [6, 6.07) is 58.8. The number of furan rings is 1. The number of hydrogen-bond acceptors (Lipinski definition) is 4. The Kier molecular flexibility index (Phi) is 11.2. The van der Waals surface area contributed by atoms with Crippen molar-refractivity contribution in [1.82, 2.24) is 19.5 Å². The molecule has 7 heteroatoms. The van der Waals surface area contributed by atoms with Crippen LogP contribution >= 0.6 is 0 Å². The molecule has 5 nitrogen and oxygen atoms in total. The van der Waals surface area contributed by atoms with E-state index in [1.807, 2.05) is 12.1 Å². The van der Waals surface area contributed by atoms with Crippen molar-refractivity contribution in [3.05, 3.63) is 187 Å². The van der Waals surface area contributed by atoms with Crippen molar-refractivity contribution >= 4 is 67.9 Å². The Labute approximate surface area is 406 Å². The van der Waals surface area contributed by atoms with E-state index in [2.05, 4.69) is 195 Å². The quantitative estimate of drug-likeness (QED) is 0.0907. The molecule has 0 saturated heterocycles. The second kappa shape index (κ2) is 18.1. The maximum atomic E-state index is 7.35. The normalized spacial score (nSPS) is 12.7. The fourth-order valence-electron chi connectivity index (χ4n) is 8.91. The van der Waals surface area contributed by atoms with Crippen molar-refractivity contribution in [3.63, 3.8) is 0 Å². The monoisotopic (exact) mass is 1060 g/mol. The number of hydrogen-bond donors (Lipinski definition) is 0. The summed E-state index contributed by atoms with van der Waals surface area (Å²) in [5.74, 6) is 2.00. The predicted molar refractivity (Wildman–Crippen MR) is 275 cm³/mol. The molecule has 8 aromatic carbocycles. The summed E-state index contributed by atoms with van der Waals surface area (Å²) in [6.45, 7) is 13.7. The maximum Gasteiger partial charge on any atom is 0.121 e. The van der Waals surface area contributed by atoms with E-state index >= 15 is 0 Å². The first-order chi connectivity index (χ1) is 32.6. The van der Waals surface area contributed by atoms with Crippen molar-refractivity contribution in [1.29, 1.82) is 0 Å². The van der Waals surface area contributed by atoms with Crippen LogP contribution in [0.25, 0.3) is 94.1 Å². The molecule has 0 unspecified atom stereocenters. The molecule has 0 aliphatic carbocycles. The van der Waals surface area contributed by atoms with Gasteiger partial charge in [0.15, 0.2) is 0 Å². The third kappa shape index (κ3) is 8.32. The third-order valence-corrected chi connectivity index (χ3v) is 14.1. The molecule has 329 valence electrons. The number of imidazole rings is 1. The number of rotatable bonds is 7. The fourth-order valence-corrected chi connectivity index (χ4v) is 9.93. The van der Waals surface area contributed by atoms with E-state index < -0.39 is 14.9 Å². The minimum atomic E-state index is -2.10. The third-order valence-electron chi connectivity index (χ3n) is 12.3. The molecular weight excluding hydrogens is 1000 g/mol. The van der Waals surface area contributed by atoms with Crippen LogP contribution in [0.5, 0.6) is 0 Å². The van der Waals surface area contributed by atoms with Gasteiger partial charge in [-0.3, -0.25) is 15.0 Å².